The molecule has 0 aliphatic heterocycles. The fourth-order valence-electron chi connectivity index (χ4n) is 1.47. The molecule has 3 nitrogen and oxygen atoms in total. The van der Waals surface area contributed by atoms with Gasteiger partial charge < -0.3 is 10.0 Å². The molecule has 0 bridgehead atoms. The number of thioether (sulfide) groups is 1. The third-order valence-corrected chi connectivity index (χ3v) is 3.09. The van der Waals surface area contributed by atoms with Crippen molar-refractivity contribution in [2.24, 2.45) is 0 Å². The van der Waals surface area contributed by atoms with Crippen LogP contribution in [0.2, 0.25) is 0 Å². The van der Waals surface area contributed by atoms with Gasteiger partial charge in [-0.1, -0.05) is 6.08 Å². The third kappa shape index (κ3) is 3.91. The number of nitrogens with zero attached hydrogens (tertiary/aromatic N) is 1. The number of hydrogen-bond donors (Lipinski definition) is 1. The fourth-order valence-corrected chi connectivity index (χ4v) is 1.88. The summed E-state index contributed by atoms with van der Waals surface area (Å²) < 4.78 is 0. The Balaban J connectivity index is 2.80. The molecule has 0 fully saturated rings. The van der Waals surface area contributed by atoms with Gasteiger partial charge in [-0.15, -0.1) is 18.3 Å². The average Bonchev–Trinajstić information content (AvgIpc) is 2.38. The van der Waals surface area contributed by atoms with Crippen molar-refractivity contribution in [3.05, 3.63) is 42.5 Å². The Kier molecular flexibility index (Phi) is 5.80. The van der Waals surface area contributed by atoms with Gasteiger partial charge in [0.2, 0.25) is 0 Å². The number of benzene rings is 1. The predicted octanol–water partition coefficient (Wildman–Crippen LogP) is 2.03. The van der Waals surface area contributed by atoms with Crippen molar-refractivity contribution in [2.45, 2.75) is 4.90 Å². The van der Waals surface area contributed by atoms with Crippen molar-refractivity contribution in [1.29, 1.82) is 0 Å². The first kappa shape index (κ1) is 13.8. The highest BCUT2D eigenvalue weighted by Crippen LogP contribution is 2.15. The van der Waals surface area contributed by atoms with Gasteiger partial charge in [0.1, 0.15) is 0 Å². The molecule has 0 radical (unpaired) electrons. The highest BCUT2D eigenvalue weighted by molar-refractivity contribution is 7.98. The number of carbonyl (C=O) groups excluding carboxylic acids is 1. The highest BCUT2D eigenvalue weighted by Gasteiger charge is 2.13. The normalized spacial score (nSPS) is 10.0. The van der Waals surface area contributed by atoms with Crippen LogP contribution in [0.3, 0.4) is 0 Å². The lowest BCUT2D eigenvalue weighted by Gasteiger charge is -2.20. The molecule has 1 amide bonds. The number of aliphatic hydroxyl groups is 1. The SMILES string of the molecule is C=CCN(CCO)C(=O)c1ccc(SC)cc1. The molecule has 1 aromatic carbocycles. The van der Waals surface area contributed by atoms with Crippen LogP contribution in [0.25, 0.3) is 0 Å². The lowest BCUT2D eigenvalue weighted by molar-refractivity contribution is 0.0743. The Bertz CT molecular complexity index is 376. The van der Waals surface area contributed by atoms with Gasteiger partial charge >= 0.3 is 0 Å². The number of rotatable bonds is 6. The molecule has 0 aromatic heterocycles. The fraction of sp³-hybridized carbons (Fsp3) is 0.308. The molecular formula is C13H17NO2S. The second-order valence-corrected chi connectivity index (χ2v) is 4.37. The summed E-state index contributed by atoms with van der Waals surface area (Å²) in [7, 11) is 0. The molecule has 0 atom stereocenters. The first-order chi connectivity index (χ1) is 8.22. The van der Waals surface area contributed by atoms with Gasteiger partial charge in [0.15, 0.2) is 0 Å². The molecule has 92 valence electrons. The van der Waals surface area contributed by atoms with Gasteiger partial charge in [-0.25, -0.2) is 0 Å². The van der Waals surface area contributed by atoms with Crippen LogP contribution in [0, 0.1) is 0 Å². The smallest absolute Gasteiger partial charge is 0.254 e. The van der Waals surface area contributed by atoms with E-state index in [-0.39, 0.29) is 12.5 Å². The molecule has 0 heterocycles. The molecule has 0 saturated carbocycles. The zero-order valence-electron chi connectivity index (χ0n) is 9.93. The maximum Gasteiger partial charge on any atom is 0.254 e. The molecular weight excluding hydrogens is 234 g/mol. The summed E-state index contributed by atoms with van der Waals surface area (Å²) in [5.41, 5.74) is 0.637. The van der Waals surface area contributed by atoms with Crippen molar-refractivity contribution in [2.75, 3.05) is 26.0 Å². The second-order valence-electron chi connectivity index (χ2n) is 3.49. The van der Waals surface area contributed by atoms with E-state index in [0.29, 0.717) is 18.7 Å². The monoisotopic (exact) mass is 251 g/mol. The van der Waals surface area contributed by atoms with Crippen molar-refractivity contribution in [1.82, 2.24) is 4.90 Å². The standard InChI is InChI=1S/C13H17NO2S/c1-3-8-14(9-10-15)13(16)11-4-6-12(17-2)7-5-11/h3-7,15H,1,8-10H2,2H3. The Hall–Kier alpha value is -1.26. The van der Waals surface area contributed by atoms with Gasteiger partial charge in [0.25, 0.3) is 5.91 Å². The zero-order valence-corrected chi connectivity index (χ0v) is 10.7. The summed E-state index contributed by atoms with van der Waals surface area (Å²) in [6.07, 6.45) is 3.65. The average molecular weight is 251 g/mol. The van der Waals surface area contributed by atoms with Crippen molar-refractivity contribution in [3.8, 4) is 0 Å². The Morgan fingerprint density at radius 1 is 1.47 bits per heavy atom. The summed E-state index contributed by atoms with van der Waals surface area (Å²) in [6, 6.07) is 7.45. The van der Waals surface area contributed by atoms with Gasteiger partial charge in [0.05, 0.1) is 6.61 Å². The largest absolute Gasteiger partial charge is 0.395 e. The first-order valence-corrected chi connectivity index (χ1v) is 6.60. The molecule has 1 N–H and O–H groups in total. The Morgan fingerprint density at radius 2 is 2.12 bits per heavy atom. The van der Waals surface area contributed by atoms with Crippen molar-refractivity contribution < 1.29 is 9.90 Å². The van der Waals surface area contributed by atoms with Crippen molar-refractivity contribution in [3.63, 3.8) is 0 Å². The van der Waals surface area contributed by atoms with E-state index in [1.807, 2.05) is 30.5 Å². The zero-order chi connectivity index (χ0) is 12.7. The van der Waals surface area contributed by atoms with Crippen molar-refractivity contribution >= 4 is 17.7 Å². The van der Waals surface area contributed by atoms with Crippen LogP contribution in [0.5, 0.6) is 0 Å². The topological polar surface area (TPSA) is 40.5 Å². The third-order valence-electron chi connectivity index (χ3n) is 2.34. The Morgan fingerprint density at radius 3 is 2.59 bits per heavy atom. The summed E-state index contributed by atoms with van der Waals surface area (Å²) in [4.78, 5) is 14.8. The number of aliphatic hydroxyl groups excluding tert-OH is 1. The van der Waals surface area contributed by atoms with E-state index in [4.69, 9.17) is 5.11 Å². The van der Waals surface area contributed by atoms with Crippen LogP contribution in [-0.2, 0) is 0 Å². The van der Waals surface area contributed by atoms with E-state index in [1.165, 1.54) is 0 Å². The molecule has 0 saturated heterocycles. The van der Waals surface area contributed by atoms with Crippen LogP contribution >= 0.6 is 11.8 Å². The van der Waals surface area contributed by atoms with Crippen LogP contribution in [0.1, 0.15) is 10.4 Å². The maximum absolute atomic E-state index is 12.1. The van der Waals surface area contributed by atoms with Gasteiger partial charge in [0, 0.05) is 23.5 Å². The predicted molar refractivity (Wildman–Crippen MR) is 71.4 cm³/mol. The minimum Gasteiger partial charge on any atom is -0.395 e. The summed E-state index contributed by atoms with van der Waals surface area (Å²) in [6.45, 7) is 4.34. The van der Waals surface area contributed by atoms with Gasteiger partial charge in [-0.3, -0.25) is 4.79 Å². The minimum atomic E-state index is -0.0772. The molecule has 0 spiro atoms. The lowest BCUT2D eigenvalue weighted by atomic mass is 10.2. The van der Waals surface area contributed by atoms with Crippen LogP contribution in [-0.4, -0.2) is 41.9 Å². The van der Waals surface area contributed by atoms with E-state index in [9.17, 15) is 4.79 Å². The first-order valence-electron chi connectivity index (χ1n) is 5.38. The quantitative estimate of drug-likeness (QED) is 0.621. The van der Waals surface area contributed by atoms with E-state index < -0.39 is 0 Å². The number of carbonyl (C=O) groups is 1. The van der Waals surface area contributed by atoms with Crippen LogP contribution in [0.4, 0.5) is 0 Å². The van der Waals surface area contributed by atoms with E-state index in [2.05, 4.69) is 6.58 Å². The second kappa shape index (κ2) is 7.14. The molecule has 1 rings (SSSR count). The Labute approximate surface area is 106 Å². The number of amides is 1. The molecule has 1 aromatic rings. The lowest BCUT2D eigenvalue weighted by Crippen LogP contribution is -2.33. The summed E-state index contributed by atoms with van der Waals surface area (Å²) >= 11 is 1.64. The van der Waals surface area contributed by atoms with E-state index >= 15 is 0 Å². The molecule has 4 heteroatoms. The summed E-state index contributed by atoms with van der Waals surface area (Å²) in [5, 5.41) is 8.91. The van der Waals surface area contributed by atoms with Crippen LogP contribution < -0.4 is 0 Å². The van der Waals surface area contributed by atoms with E-state index in [1.54, 1.807) is 22.7 Å². The highest BCUT2D eigenvalue weighted by atomic mass is 32.2. The molecule has 0 aliphatic rings. The van der Waals surface area contributed by atoms with Crippen LogP contribution in [0.15, 0.2) is 41.8 Å². The molecule has 0 unspecified atom stereocenters. The maximum atomic E-state index is 12.1. The van der Waals surface area contributed by atoms with Gasteiger partial charge in [-0.05, 0) is 30.5 Å². The minimum absolute atomic E-state index is 0.0392. The molecule has 17 heavy (non-hydrogen) atoms. The van der Waals surface area contributed by atoms with Gasteiger partial charge in [-0.2, -0.15) is 0 Å². The number of hydrogen-bond acceptors (Lipinski definition) is 3. The summed E-state index contributed by atoms with van der Waals surface area (Å²) in [5.74, 6) is -0.0772. The van der Waals surface area contributed by atoms with E-state index in [0.717, 1.165) is 4.90 Å². The molecule has 0 aliphatic carbocycles.